The number of morpholine rings is 1. The molecule has 1 saturated carbocycles. The summed E-state index contributed by atoms with van der Waals surface area (Å²) in [5.41, 5.74) is 2.06. The molecule has 0 bridgehead atoms. The first-order valence-electron chi connectivity index (χ1n) is 12.2. The monoisotopic (exact) mass is 464 g/mol. The van der Waals surface area contributed by atoms with Gasteiger partial charge in [0.1, 0.15) is 16.8 Å². The number of aromatic nitrogens is 3. The van der Waals surface area contributed by atoms with E-state index in [0.29, 0.717) is 23.2 Å². The average Bonchev–Trinajstić information content (AvgIpc) is 3.35. The second-order valence-electron chi connectivity index (χ2n) is 9.41. The molecule has 4 heterocycles. The van der Waals surface area contributed by atoms with Gasteiger partial charge in [0.15, 0.2) is 0 Å². The Hall–Kier alpha value is -3.04. The number of ether oxygens (including phenoxy) is 1. The van der Waals surface area contributed by atoms with Crippen molar-refractivity contribution in [3.8, 4) is 0 Å². The number of nitrogens with one attached hydrogen (secondary N) is 2. The van der Waals surface area contributed by atoms with Crippen LogP contribution >= 0.6 is 0 Å². The second kappa shape index (κ2) is 9.68. The molecular weight excluding hydrogens is 432 g/mol. The molecule has 0 unspecified atom stereocenters. The zero-order valence-corrected chi connectivity index (χ0v) is 19.7. The van der Waals surface area contributed by atoms with Crippen molar-refractivity contribution in [3.63, 3.8) is 0 Å². The van der Waals surface area contributed by atoms with E-state index < -0.39 is 0 Å². The van der Waals surface area contributed by atoms with Crippen LogP contribution in [0.2, 0.25) is 0 Å². The summed E-state index contributed by atoms with van der Waals surface area (Å²) in [6, 6.07) is 5.43. The van der Waals surface area contributed by atoms with E-state index >= 15 is 0 Å². The van der Waals surface area contributed by atoms with Crippen LogP contribution in [0, 0.1) is 12.3 Å². The Labute approximate surface area is 197 Å². The first-order valence-corrected chi connectivity index (χ1v) is 12.2. The standard InChI is InChI=1S/C25H32N6O3/c1-17-7-8-21-28-23-20(25(33)31(21)16-17)15-19(24(32)27-18-5-2-3-6-18)22(26)30(23)10-4-9-29-11-13-34-14-12-29/h7-8,15-16,18,26H,2-6,9-14H2,1H3,(H,27,32). The van der Waals surface area contributed by atoms with E-state index in [2.05, 4.69) is 10.2 Å². The molecule has 0 radical (unpaired) electrons. The molecule has 1 aliphatic carbocycles. The summed E-state index contributed by atoms with van der Waals surface area (Å²) in [6.45, 7) is 6.56. The Morgan fingerprint density at radius 3 is 2.74 bits per heavy atom. The molecule has 3 aromatic rings. The van der Waals surface area contributed by atoms with Gasteiger partial charge in [0.25, 0.3) is 11.5 Å². The lowest BCUT2D eigenvalue weighted by Crippen LogP contribution is -2.39. The van der Waals surface area contributed by atoms with Gasteiger partial charge in [-0.05, 0) is 43.9 Å². The fourth-order valence-electron chi connectivity index (χ4n) is 5.04. The quantitative estimate of drug-likeness (QED) is 0.542. The van der Waals surface area contributed by atoms with E-state index in [1.807, 2.05) is 19.1 Å². The van der Waals surface area contributed by atoms with Crippen molar-refractivity contribution in [2.45, 2.75) is 51.6 Å². The molecule has 0 spiro atoms. The van der Waals surface area contributed by atoms with Gasteiger partial charge in [0.2, 0.25) is 0 Å². The summed E-state index contributed by atoms with van der Waals surface area (Å²) in [5, 5.41) is 12.3. The Kier molecular flexibility index (Phi) is 6.47. The summed E-state index contributed by atoms with van der Waals surface area (Å²) >= 11 is 0. The van der Waals surface area contributed by atoms with E-state index in [9.17, 15) is 9.59 Å². The number of amides is 1. The molecule has 1 saturated heterocycles. The summed E-state index contributed by atoms with van der Waals surface area (Å²) in [6.07, 6.45) is 6.68. The summed E-state index contributed by atoms with van der Waals surface area (Å²) in [7, 11) is 0. The van der Waals surface area contributed by atoms with Gasteiger partial charge in [0, 0.05) is 38.4 Å². The number of aryl methyl sites for hydroxylation is 2. The first kappa shape index (κ1) is 22.7. The van der Waals surface area contributed by atoms with Crippen molar-refractivity contribution in [2.24, 2.45) is 0 Å². The maximum absolute atomic E-state index is 13.4. The van der Waals surface area contributed by atoms with Crippen LogP contribution in [0.1, 0.15) is 48.0 Å². The fourth-order valence-corrected chi connectivity index (χ4v) is 5.04. The number of hydrogen-bond donors (Lipinski definition) is 2. The molecule has 34 heavy (non-hydrogen) atoms. The van der Waals surface area contributed by atoms with Crippen molar-refractivity contribution < 1.29 is 9.53 Å². The maximum atomic E-state index is 13.4. The van der Waals surface area contributed by atoms with Crippen LogP contribution in [0.25, 0.3) is 16.7 Å². The highest BCUT2D eigenvalue weighted by atomic mass is 16.5. The maximum Gasteiger partial charge on any atom is 0.267 e. The van der Waals surface area contributed by atoms with Gasteiger partial charge in [-0.25, -0.2) is 4.98 Å². The van der Waals surface area contributed by atoms with Crippen molar-refractivity contribution in [3.05, 3.63) is 51.4 Å². The fraction of sp³-hybridized carbons (Fsp3) is 0.520. The third-order valence-corrected chi connectivity index (χ3v) is 6.95. The molecule has 180 valence electrons. The van der Waals surface area contributed by atoms with Crippen LogP contribution in [0.15, 0.2) is 29.2 Å². The van der Waals surface area contributed by atoms with Crippen LogP contribution in [-0.2, 0) is 11.3 Å². The highest BCUT2D eigenvalue weighted by Crippen LogP contribution is 2.18. The largest absolute Gasteiger partial charge is 0.379 e. The molecule has 3 aromatic heterocycles. The van der Waals surface area contributed by atoms with Crippen molar-refractivity contribution in [1.82, 2.24) is 24.2 Å². The number of carbonyl (C=O) groups excluding carboxylic acids is 1. The third-order valence-electron chi connectivity index (χ3n) is 6.95. The van der Waals surface area contributed by atoms with Crippen LogP contribution < -0.4 is 16.4 Å². The molecule has 1 aliphatic heterocycles. The lowest BCUT2D eigenvalue weighted by Gasteiger charge is -2.26. The summed E-state index contributed by atoms with van der Waals surface area (Å²) in [4.78, 5) is 33.7. The van der Waals surface area contributed by atoms with E-state index in [1.54, 1.807) is 16.8 Å². The Morgan fingerprint density at radius 2 is 1.97 bits per heavy atom. The Morgan fingerprint density at radius 1 is 1.21 bits per heavy atom. The lowest BCUT2D eigenvalue weighted by atomic mass is 10.1. The smallest absolute Gasteiger partial charge is 0.267 e. The van der Waals surface area contributed by atoms with Gasteiger partial charge in [-0.1, -0.05) is 18.9 Å². The van der Waals surface area contributed by atoms with Gasteiger partial charge < -0.3 is 14.6 Å². The minimum atomic E-state index is -0.283. The minimum Gasteiger partial charge on any atom is -0.379 e. The number of hydrogen-bond acceptors (Lipinski definition) is 6. The van der Waals surface area contributed by atoms with Gasteiger partial charge >= 0.3 is 0 Å². The van der Waals surface area contributed by atoms with Crippen LogP contribution in [0.3, 0.4) is 0 Å². The highest BCUT2D eigenvalue weighted by Gasteiger charge is 2.22. The highest BCUT2D eigenvalue weighted by molar-refractivity contribution is 5.97. The number of pyridine rings is 2. The topological polar surface area (TPSA) is 105 Å². The zero-order valence-electron chi connectivity index (χ0n) is 19.7. The summed E-state index contributed by atoms with van der Waals surface area (Å²) in [5.74, 6) is -0.283. The van der Waals surface area contributed by atoms with Crippen molar-refractivity contribution >= 4 is 22.6 Å². The van der Waals surface area contributed by atoms with Gasteiger partial charge in [-0.2, -0.15) is 0 Å². The third kappa shape index (κ3) is 4.50. The predicted octanol–water partition coefficient (Wildman–Crippen LogP) is 1.83. The second-order valence-corrected chi connectivity index (χ2v) is 9.41. The van der Waals surface area contributed by atoms with E-state index in [4.69, 9.17) is 15.1 Å². The van der Waals surface area contributed by atoms with E-state index in [1.165, 1.54) is 4.40 Å². The minimum absolute atomic E-state index is 0.105. The Bertz CT molecular complexity index is 1330. The lowest BCUT2D eigenvalue weighted by molar-refractivity contribution is 0.0369. The molecule has 9 heteroatoms. The number of carbonyl (C=O) groups is 1. The van der Waals surface area contributed by atoms with E-state index in [-0.39, 0.29) is 28.6 Å². The summed E-state index contributed by atoms with van der Waals surface area (Å²) < 4.78 is 8.69. The molecule has 2 fully saturated rings. The molecular formula is C25H32N6O3. The number of rotatable bonds is 6. The number of nitrogens with zero attached hydrogens (tertiary/aromatic N) is 4. The molecule has 2 aliphatic rings. The van der Waals surface area contributed by atoms with E-state index in [0.717, 1.165) is 70.5 Å². The molecule has 0 atom stereocenters. The van der Waals surface area contributed by atoms with Crippen LogP contribution in [0.5, 0.6) is 0 Å². The molecule has 5 rings (SSSR count). The van der Waals surface area contributed by atoms with Gasteiger partial charge in [-0.15, -0.1) is 0 Å². The van der Waals surface area contributed by atoms with Crippen LogP contribution in [-0.4, -0.2) is 63.6 Å². The van der Waals surface area contributed by atoms with Crippen LogP contribution in [0.4, 0.5) is 0 Å². The number of fused-ring (bicyclic) bond motifs is 2. The average molecular weight is 465 g/mol. The van der Waals surface area contributed by atoms with Gasteiger partial charge in [-0.3, -0.25) is 24.3 Å². The SMILES string of the molecule is Cc1ccc2nc3c(cc(C(=O)NC4CCCC4)c(=N)n3CCCN3CCOCC3)c(=O)n2c1. The molecule has 1 amide bonds. The zero-order chi connectivity index (χ0) is 23.7. The first-order chi connectivity index (χ1) is 16.5. The molecule has 9 nitrogen and oxygen atoms in total. The van der Waals surface area contributed by atoms with Crippen molar-refractivity contribution in [2.75, 3.05) is 32.8 Å². The Balaban J connectivity index is 1.57. The predicted molar refractivity (Wildman–Crippen MR) is 129 cm³/mol. The van der Waals surface area contributed by atoms with Crippen molar-refractivity contribution in [1.29, 1.82) is 5.41 Å². The molecule has 2 N–H and O–H groups in total. The molecule has 0 aromatic carbocycles. The normalized spacial score (nSPS) is 17.6. The van der Waals surface area contributed by atoms with Gasteiger partial charge in [0.05, 0.1) is 24.2 Å².